The van der Waals surface area contributed by atoms with Crippen LogP contribution < -0.4 is 15.4 Å². The molecule has 0 atom stereocenters. The summed E-state index contributed by atoms with van der Waals surface area (Å²) in [6.07, 6.45) is 4.37. The fourth-order valence-electron chi connectivity index (χ4n) is 1.68. The molecule has 0 aliphatic carbocycles. The molecule has 6 heteroatoms. The summed E-state index contributed by atoms with van der Waals surface area (Å²) < 4.78 is 5.28. The number of rotatable bonds is 6. The third-order valence-corrected chi connectivity index (χ3v) is 2.85. The maximum atomic E-state index is 6.00. The maximum Gasteiger partial charge on any atom is 0.151 e. The highest BCUT2D eigenvalue weighted by molar-refractivity contribution is 6.31. The van der Waals surface area contributed by atoms with Crippen LogP contribution in [-0.4, -0.2) is 23.6 Å². The number of anilines is 3. The number of aromatic nitrogens is 2. The van der Waals surface area contributed by atoms with Gasteiger partial charge in [0.05, 0.1) is 25.2 Å². The van der Waals surface area contributed by atoms with Crippen molar-refractivity contribution < 1.29 is 4.74 Å². The van der Waals surface area contributed by atoms with Gasteiger partial charge in [-0.1, -0.05) is 18.5 Å². The van der Waals surface area contributed by atoms with Gasteiger partial charge in [0.2, 0.25) is 0 Å². The van der Waals surface area contributed by atoms with Crippen LogP contribution in [0.3, 0.4) is 0 Å². The van der Waals surface area contributed by atoms with Crippen molar-refractivity contribution in [1.82, 2.24) is 9.97 Å². The van der Waals surface area contributed by atoms with E-state index in [2.05, 4.69) is 27.5 Å². The molecule has 1 aromatic carbocycles. The van der Waals surface area contributed by atoms with Crippen molar-refractivity contribution in [2.24, 2.45) is 0 Å². The fraction of sp³-hybridized carbons (Fsp3) is 0.286. The Kier molecular flexibility index (Phi) is 5.01. The van der Waals surface area contributed by atoms with Crippen LogP contribution in [0.1, 0.15) is 13.3 Å². The molecule has 2 aromatic rings. The molecular weight excluding hydrogens is 276 g/mol. The Morgan fingerprint density at radius 3 is 2.80 bits per heavy atom. The van der Waals surface area contributed by atoms with Crippen LogP contribution in [0.4, 0.5) is 17.3 Å². The third kappa shape index (κ3) is 3.74. The van der Waals surface area contributed by atoms with E-state index in [4.69, 9.17) is 16.3 Å². The molecule has 0 bridgehead atoms. The Hall–Kier alpha value is -2.01. The van der Waals surface area contributed by atoms with Gasteiger partial charge >= 0.3 is 0 Å². The molecule has 0 amide bonds. The minimum Gasteiger partial charge on any atom is -0.495 e. The van der Waals surface area contributed by atoms with Gasteiger partial charge in [-0.15, -0.1) is 0 Å². The Balaban J connectivity index is 2.19. The quantitative estimate of drug-likeness (QED) is 0.850. The second-order valence-corrected chi connectivity index (χ2v) is 4.62. The van der Waals surface area contributed by atoms with E-state index in [1.165, 1.54) is 0 Å². The lowest BCUT2D eigenvalue weighted by molar-refractivity contribution is 0.417. The zero-order valence-electron chi connectivity index (χ0n) is 11.5. The topological polar surface area (TPSA) is 59.1 Å². The van der Waals surface area contributed by atoms with Crippen LogP contribution in [-0.2, 0) is 0 Å². The van der Waals surface area contributed by atoms with Crippen molar-refractivity contribution >= 4 is 28.9 Å². The van der Waals surface area contributed by atoms with Gasteiger partial charge in [-0.2, -0.15) is 0 Å². The molecule has 0 fully saturated rings. The molecule has 0 aliphatic heterocycles. The Bertz CT molecular complexity index is 577. The smallest absolute Gasteiger partial charge is 0.151 e. The molecule has 1 heterocycles. The average Bonchev–Trinajstić information content (AvgIpc) is 2.46. The molecule has 0 radical (unpaired) electrons. The maximum absolute atomic E-state index is 6.00. The number of hydrogen-bond donors (Lipinski definition) is 2. The Labute approximate surface area is 123 Å². The van der Waals surface area contributed by atoms with Crippen molar-refractivity contribution in [3.05, 3.63) is 35.6 Å². The minimum absolute atomic E-state index is 0.626. The lowest BCUT2D eigenvalue weighted by Gasteiger charge is -2.11. The predicted octanol–water partition coefficient (Wildman–Crippen LogP) is 3.70. The first kappa shape index (κ1) is 14.4. The van der Waals surface area contributed by atoms with Crippen molar-refractivity contribution in [3.63, 3.8) is 0 Å². The van der Waals surface area contributed by atoms with Crippen LogP contribution in [0.25, 0.3) is 0 Å². The van der Waals surface area contributed by atoms with Gasteiger partial charge in [0.15, 0.2) is 5.82 Å². The molecule has 0 aliphatic rings. The zero-order chi connectivity index (χ0) is 14.4. The summed E-state index contributed by atoms with van der Waals surface area (Å²) in [5.41, 5.74) is 0.752. The van der Waals surface area contributed by atoms with Crippen LogP contribution in [0, 0.1) is 0 Å². The predicted molar refractivity (Wildman–Crippen MR) is 82.1 cm³/mol. The molecule has 0 spiro atoms. The highest BCUT2D eigenvalue weighted by Gasteiger charge is 2.06. The summed E-state index contributed by atoms with van der Waals surface area (Å²) in [7, 11) is 1.61. The van der Waals surface area contributed by atoms with E-state index in [0.29, 0.717) is 16.6 Å². The normalized spacial score (nSPS) is 10.2. The van der Waals surface area contributed by atoms with E-state index in [-0.39, 0.29) is 0 Å². The molecule has 5 nitrogen and oxygen atoms in total. The van der Waals surface area contributed by atoms with Gasteiger partial charge in [-0.3, -0.25) is 4.98 Å². The Morgan fingerprint density at radius 2 is 2.05 bits per heavy atom. The van der Waals surface area contributed by atoms with E-state index in [0.717, 1.165) is 24.5 Å². The van der Waals surface area contributed by atoms with E-state index < -0.39 is 0 Å². The molecule has 20 heavy (non-hydrogen) atoms. The van der Waals surface area contributed by atoms with Gasteiger partial charge in [0.25, 0.3) is 0 Å². The molecule has 2 rings (SSSR count). The lowest BCUT2D eigenvalue weighted by atomic mass is 10.3. The SMILES string of the molecule is CCCNc1cncc(Nc2cc(Cl)ccc2OC)n1. The molecule has 0 unspecified atom stereocenters. The van der Waals surface area contributed by atoms with Crippen LogP contribution >= 0.6 is 11.6 Å². The molecular formula is C14H17ClN4O. The summed E-state index contributed by atoms with van der Waals surface area (Å²) in [5, 5.41) is 6.97. The van der Waals surface area contributed by atoms with E-state index in [1.807, 2.05) is 0 Å². The average molecular weight is 293 g/mol. The monoisotopic (exact) mass is 292 g/mol. The first-order valence-corrected chi connectivity index (χ1v) is 6.77. The lowest BCUT2D eigenvalue weighted by Crippen LogP contribution is -2.04. The second kappa shape index (κ2) is 6.96. The minimum atomic E-state index is 0.626. The fourth-order valence-corrected chi connectivity index (χ4v) is 1.85. The van der Waals surface area contributed by atoms with Crippen molar-refractivity contribution in [1.29, 1.82) is 0 Å². The summed E-state index contributed by atoms with van der Waals surface area (Å²) in [4.78, 5) is 8.58. The summed E-state index contributed by atoms with van der Waals surface area (Å²) >= 11 is 6.00. The molecule has 0 saturated heterocycles. The number of methoxy groups -OCH3 is 1. The summed E-state index contributed by atoms with van der Waals surface area (Å²) in [6.45, 7) is 2.96. The number of halogens is 1. The number of hydrogen-bond acceptors (Lipinski definition) is 5. The van der Waals surface area contributed by atoms with Gasteiger partial charge in [0, 0.05) is 11.6 Å². The highest BCUT2D eigenvalue weighted by atomic mass is 35.5. The van der Waals surface area contributed by atoms with Gasteiger partial charge < -0.3 is 15.4 Å². The van der Waals surface area contributed by atoms with Crippen molar-refractivity contribution in [2.75, 3.05) is 24.3 Å². The summed E-state index contributed by atoms with van der Waals surface area (Å²) in [6, 6.07) is 5.36. The number of ether oxygens (including phenoxy) is 1. The Morgan fingerprint density at radius 1 is 1.25 bits per heavy atom. The van der Waals surface area contributed by atoms with Crippen LogP contribution in [0.2, 0.25) is 5.02 Å². The zero-order valence-corrected chi connectivity index (χ0v) is 12.2. The van der Waals surface area contributed by atoms with Crippen molar-refractivity contribution in [3.8, 4) is 5.75 Å². The molecule has 0 saturated carbocycles. The van der Waals surface area contributed by atoms with Gasteiger partial charge in [0.1, 0.15) is 11.6 Å². The first-order chi connectivity index (χ1) is 9.72. The molecule has 1 aromatic heterocycles. The van der Waals surface area contributed by atoms with E-state index >= 15 is 0 Å². The standard InChI is InChI=1S/C14H17ClN4O/c1-3-6-17-13-8-16-9-14(19-13)18-11-7-10(15)4-5-12(11)20-2/h4-5,7-9H,3,6H2,1-2H3,(H2,17,18,19). The number of nitrogens with zero attached hydrogens (tertiary/aromatic N) is 2. The van der Waals surface area contributed by atoms with Crippen LogP contribution in [0.15, 0.2) is 30.6 Å². The third-order valence-electron chi connectivity index (χ3n) is 2.61. The summed E-state index contributed by atoms with van der Waals surface area (Å²) in [5.74, 6) is 2.06. The van der Waals surface area contributed by atoms with E-state index in [9.17, 15) is 0 Å². The van der Waals surface area contributed by atoms with Crippen LogP contribution in [0.5, 0.6) is 5.75 Å². The van der Waals surface area contributed by atoms with Crippen molar-refractivity contribution in [2.45, 2.75) is 13.3 Å². The molecule has 106 valence electrons. The second-order valence-electron chi connectivity index (χ2n) is 4.19. The molecule has 2 N–H and O–H groups in total. The first-order valence-electron chi connectivity index (χ1n) is 6.39. The number of nitrogens with one attached hydrogen (secondary N) is 2. The van der Waals surface area contributed by atoms with Gasteiger partial charge in [-0.25, -0.2) is 4.98 Å². The number of benzene rings is 1. The van der Waals surface area contributed by atoms with Gasteiger partial charge in [-0.05, 0) is 24.6 Å². The largest absolute Gasteiger partial charge is 0.495 e. The highest BCUT2D eigenvalue weighted by Crippen LogP contribution is 2.29. The van der Waals surface area contributed by atoms with E-state index in [1.54, 1.807) is 37.7 Å².